The van der Waals surface area contributed by atoms with E-state index < -0.39 is 30.7 Å². The van der Waals surface area contributed by atoms with Crippen LogP contribution in [-0.4, -0.2) is 39.8 Å². The Morgan fingerprint density at radius 3 is 2.62 bits per heavy atom. The maximum atomic E-state index is 12.9. The van der Waals surface area contributed by atoms with E-state index in [1.807, 2.05) is 30.3 Å². The summed E-state index contributed by atoms with van der Waals surface area (Å²) in [6.45, 7) is 1.72. The van der Waals surface area contributed by atoms with E-state index in [2.05, 4.69) is 6.92 Å². The molecule has 3 N–H and O–H groups in total. The highest BCUT2D eigenvalue weighted by Gasteiger charge is 2.45. The zero-order valence-electron chi connectivity index (χ0n) is 19.7. The Hall–Kier alpha value is -2.70. The fraction of sp³-hybridized carbons (Fsp3) is 0.500. The largest absolute Gasteiger partial charge is 0.482 e. The maximum absolute atomic E-state index is 12.9. The maximum Gasteiger partial charge on any atom is 0.341 e. The number of aliphatic carboxylic acids is 1. The summed E-state index contributed by atoms with van der Waals surface area (Å²) in [6, 6.07) is 14.9. The number of aliphatic hydroxyl groups is 2. The highest BCUT2D eigenvalue weighted by atomic mass is 16.5. The number of rotatable bonds is 10. The molecule has 6 nitrogen and oxygen atoms in total. The van der Waals surface area contributed by atoms with Crippen LogP contribution in [0, 0.1) is 11.3 Å². The van der Waals surface area contributed by atoms with E-state index in [4.69, 9.17) is 9.84 Å². The van der Waals surface area contributed by atoms with Crippen molar-refractivity contribution < 1.29 is 29.6 Å². The Morgan fingerprint density at radius 2 is 1.94 bits per heavy atom. The molecule has 4 atom stereocenters. The van der Waals surface area contributed by atoms with Crippen LogP contribution in [0.4, 0.5) is 0 Å². The second kappa shape index (κ2) is 10.3. The topological polar surface area (TPSA) is 104 Å². The average molecular weight is 467 g/mol. The summed E-state index contributed by atoms with van der Waals surface area (Å²) < 4.78 is 5.28. The van der Waals surface area contributed by atoms with E-state index in [1.54, 1.807) is 18.2 Å². The molecule has 0 bridgehead atoms. The molecule has 0 aromatic heterocycles. The average Bonchev–Trinajstić information content (AvgIpc) is 3.07. The summed E-state index contributed by atoms with van der Waals surface area (Å²) >= 11 is 0. The standard InChI is InChI=1S/C28H34O6/c1-2-10-28(11-5-12-28)27(33)20-8-4-7-19(15-20)26-22(23(29)16-24(26)30)14-18-6-3-9-21(13-18)34-17-25(31)32/h3-4,6-9,13,15,22,24,26-27,30,33H,2,5,10-12,14,16-17H2,1H3,(H,31,32)/t22-,24+,26+,27?/m0/s1. The number of benzene rings is 2. The van der Waals surface area contributed by atoms with Gasteiger partial charge in [-0.05, 0) is 54.5 Å². The molecule has 0 radical (unpaired) electrons. The first kappa shape index (κ1) is 24.4. The first-order valence-electron chi connectivity index (χ1n) is 12.3. The van der Waals surface area contributed by atoms with Gasteiger partial charge >= 0.3 is 5.97 Å². The zero-order valence-corrected chi connectivity index (χ0v) is 19.7. The van der Waals surface area contributed by atoms with Gasteiger partial charge in [-0.25, -0.2) is 4.79 Å². The van der Waals surface area contributed by atoms with Gasteiger partial charge in [0.15, 0.2) is 6.61 Å². The van der Waals surface area contributed by atoms with E-state index >= 15 is 0 Å². The molecule has 1 unspecified atom stereocenters. The van der Waals surface area contributed by atoms with E-state index in [0.717, 1.165) is 48.8 Å². The van der Waals surface area contributed by atoms with E-state index in [9.17, 15) is 19.8 Å². The van der Waals surface area contributed by atoms with Crippen LogP contribution < -0.4 is 4.74 Å². The van der Waals surface area contributed by atoms with Gasteiger partial charge in [-0.15, -0.1) is 0 Å². The highest BCUT2D eigenvalue weighted by Crippen LogP contribution is 2.53. The predicted octanol–water partition coefficient (Wildman–Crippen LogP) is 4.43. The van der Waals surface area contributed by atoms with Gasteiger partial charge in [0.05, 0.1) is 12.2 Å². The van der Waals surface area contributed by atoms with Crippen LogP contribution in [0.5, 0.6) is 5.75 Å². The summed E-state index contributed by atoms with van der Waals surface area (Å²) in [6.07, 6.45) is 4.44. The first-order chi connectivity index (χ1) is 16.3. The van der Waals surface area contributed by atoms with Gasteiger partial charge in [-0.3, -0.25) is 4.79 Å². The van der Waals surface area contributed by atoms with Crippen LogP contribution in [0.1, 0.15) is 74.2 Å². The number of ketones is 1. The Labute approximate surface area is 200 Å². The van der Waals surface area contributed by atoms with Crippen LogP contribution >= 0.6 is 0 Å². The Balaban J connectivity index is 1.56. The van der Waals surface area contributed by atoms with E-state index in [0.29, 0.717) is 12.2 Å². The minimum absolute atomic E-state index is 0.0155. The van der Waals surface area contributed by atoms with E-state index in [1.165, 1.54) is 0 Å². The molecular weight excluding hydrogens is 432 g/mol. The second-order valence-electron chi connectivity index (χ2n) is 9.94. The minimum atomic E-state index is -1.05. The molecule has 0 heterocycles. The van der Waals surface area contributed by atoms with Crippen molar-refractivity contribution in [2.75, 3.05) is 6.61 Å². The molecule has 4 rings (SSSR count). The third-order valence-electron chi connectivity index (χ3n) is 7.68. The number of hydrogen-bond acceptors (Lipinski definition) is 5. The van der Waals surface area contributed by atoms with Crippen molar-refractivity contribution in [2.45, 2.75) is 70.0 Å². The molecule has 0 aliphatic heterocycles. The third kappa shape index (κ3) is 5.03. The lowest BCUT2D eigenvalue weighted by molar-refractivity contribution is -0.139. The molecule has 2 fully saturated rings. The smallest absolute Gasteiger partial charge is 0.341 e. The van der Waals surface area contributed by atoms with Crippen molar-refractivity contribution in [3.63, 3.8) is 0 Å². The quantitative estimate of drug-likeness (QED) is 0.479. The fourth-order valence-electron chi connectivity index (χ4n) is 5.89. The van der Waals surface area contributed by atoms with Gasteiger partial charge < -0.3 is 20.1 Å². The Morgan fingerprint density at radius 1 is 1.18 bits per heavy atom. The molecule has 2 aromatic carbocycles. The second-order valence-corrected chi connectivity index (χ2v) is 9.94. The van der Waals surface area contributed by atoms with Crippen LogP contribution in [-0.2, 0) is 16.0 Å². The molecule has 2 aliphatic carbocycles. The summed E-state index contributed by atoms with van der Waals surface area (Å²) in [7, 11) is 0. The van der Waals surface area contributed by atoms with Gasteiger partial charge in [0.2, 0.25) is 0 Å². The Bertz CT molecular complexity index is 1030. The first-order valence-corrected chi connectivity index (χ1v) is 12.3. The van der Waals surface area contributed by atoms with Gasteiger partial charge in [-0.2, -0.15) is 0 Å². The van der Waals surface area contributed by atoms with E-state index in [-0.39, 0.29) is 23.5 Å². The number of carbonyl (C=O) groups is 2. The van der Waals surface area contributed by atoms with Crippen molar-refractivity contribution in [1.29, 1.82) is 0 Å². The Kier molecular flexibility index (Phi) is 7.39. The van der Waals surface area contributed by atoms with Crippen LogP contribution in [0.15, 0.2) is 48.5 Å². The number of carboxylic acid groups (broad SMARTS) is 1. The van der Waals surface area contributed by atoms with Crippen molar-refractivity contribution in [1.82, 2.24) is 0 Å². The van der Waals surface area contributed by atoms with Crippen LogP contribution in [0.2, 0.25) is 0 Å². The molecule has 182 valence electrons. The van der Waals surface area contributed by atoms with Gasteiger partial charge in [0.25, 0.3) is 0 Å². The molecule has 2 aromatic rings. The fourth-order valence-corrected chi connectivity index (χ4v) is 5.89. The SMILES string of the molecule is CCCC1(C(O)c2cccc([C@H]3[C@H](O)CC(=O)[C@@H]3Cc3cccc(OCC(=O)O)c3)c2)CCC1. The molecule has 2 saturated carbocycles. The predicted molar refractivity (Wildman–Crippen MR) is 128 cm³/mol. The zero-order chi connectivity index (χ0) is 24.3. The van der Waals surface area contributed by atoms with Gasteiger partial charge in [-0.1, -0.05) is 56.2 Å². The molecule has 6 heteroatoms. The summed E-state index contributed by atoms with van der Waals surface area (Å²) in [5.41, 5.74) is 2.53. The number of Topliss-reactive ketones (excluding diaryl/α,β-unsaturated/α-hetero) is 1. The van der Waals surface area contributed by atoms with Crippen molar-refractivity contribution in [2.24, 2.45) is 11.3 Å². The van der Waals surface area contributed by atoms with Crippen LogP contribution in [0.25, 0.3) is 0 Å². The monoisotopic (exact) mass is 466 g/mol. The molecule has 2 aliphatic rings. The lowest BCUT2D eigenvalue weighted by atomic mass is 9.61. The lowest BCUT2D eigenvalue weighted by Crippen LogP contribution is -2.36. The lowest BCUT2D eigenvalue weighted by Gasteiger charge is -2.46. The van der Waals surface area contributed by atoms with Crippen molar-refractivity contribution >= 4 is 11.8 Å². The number of aliphatic hydroxyl groups excluding tert-OH is 2. The molecule has 0 spiro atoms. The number of carbonyl (C=O) groups excluding carboxylic acids is 1. The van der Waals surface area contributed by atoms with Crippen LogP contribution in [0.3, 0.4) is 0 Å². The summed E-state index contributed by atoms with van der Waals surface area (Å²) in [4.78, 5) is 23.7. The van der Waals surface area contributed by atoms with Gasteiger partial charge in [0.1, 0.15) is 11.5 Å². The molecular formula is C28H34O6. The number of ether oxygens (including phenoxy) is 1. The minimum Gasteiger partial charge on any atom is -0.482 e. The van der Waals surface area contributed by atoms with Gasteiger partial charge in [0, 0.05) is 23.7 Å². The molecule has 0 amide bonds. The van der Waals surface area contributed by atoms with Crippen molar-refractivity contribution in [3.05, 3.63) is 65.2 Å². The third-order valence-corrected chi connectivity index (χ3v) is 7.68. The number of carboxylic acids is 1. The summed E-state index contributed by atoms with van der Waals surface area (Å²) in [5, 5.41) is 30.9. The summed E-state index contributed by atoms with van der Waals surface area (Å²) in [5.74, 6) is -1.35. The van der Waals surface area contributed by atoms with Crippen molar-refractivity contribution in [3.8, 4) is 5.75 Å². The number of hydrogen-bond donors (Lipinski definition) is 3. The highest BCUT2D eigenvalue weighted by molar-refractivity contribution is 5.85. The molecule has 34 heavy (non-hydrogen) atoms. The normalized spacial score (nSPS) is 24.4. The molecule has 0 saturated heterocycles.